The van der Waals surface area contributed by atoms with Crippen molar-refractivity contribution in [2.45, 2.75) is 26.8 Å². The van der Waals surface area contributed by atoms with Crippen molar-refractivity contribution < 1.29 is 9.21 Å². The van der Waals surface area contributed by atoms with E-state index < -0.39 is 0 Å². The predicted octanol–water partition coefficient (Wildman–Crippen LogP) is 3.43. The van der Waals surface area contributed by atoms with E-state index in [1.165, 1.54) is 11.3 Å². The van der Waals surface area contributed by atoms with Crippen LogP contribution in [0.3, 0.4) is 0 Å². The Morgan fingerprint density at radius 3 is 2.96 bits per heavy atom. The molecule has 3 aromatic heterocycles. The molecule has 3 rings (SSSR count). The molecule has 23 heavy (non-hydrogen) atoms. The second kappa shape index (κ2) is 6.25. The average molecular weight is 331 g/mol. The van der Waals surface area contributed by atoms with Gasteiger partial charge in [-0.15, -0.1) is 11.3 Å². The molecule has 120 valence electrons. The largest absolute Gasteiger partial charge is 0.463 e. The van der Waals surface area contributed by atoms with E-state index in [0.29, 0.717) is 16.7 Å². The maximum absolute atomic E-state index is 11.9. The number of urea groups is 1. The van der Waals surface area contributed by atoms with Gasteiger partial charge in [-0.3, -0.25) is 5.32 Å². The first-order chi connectivity index (χ1) is 11.0. The van der Waals surface area contributed by atoms with Crippen LogP contribution < -0.4 is 10.6 Å². The fourth-order valence-electron chi connectivity index (χ4n) is 2.05. The van der Waals surface area contributed by atoms with Gasteiger partial charge in [0.15, 0.2) is 5.76 Å². The Kier molecular flexibility index (Phi) is 4.16. The highest BCUT2D eigenvalue weighted by molar-refractivity contribution is 7.12. The van der Waals surface area contributed by atoms with Gasteiger partial charge in [0.05, 0.1) is 12.0 Å². The molecule has 7 nitrogen and oxygen atoms in total. The monoisotopic (exact) mass is 331 g/mol. The normalized spacial score (nSPS) is 11.0. The van der Waals surface area contributed by atoms with E-state index in [4.69, 9.17) is 4.42 Å². The fourth-order valence-corrected chi connectivity index (χ4v) is 2.82. The number of thiazole rings is 1. The van der Waals surface area contributed by atoms with Gasteiger partial charge in [-0.2, -0.15) is 9.78 Å². The lowest BCUT2D eigenvalue weighted by Crippen LogP contribution is -2.34. The van der Waals surface area contributed by atoms with Gasteiger partial charge in [0, 0.05) is 17.5 Å². The molecule has 0 spiro atoms. The number of nitrogens with one attached hydrogen (secondary N) is 2. The Balaban J connectivity index is 1.87. The van der Waals surface area contributed by atoms with Crippen LogP contribution in [0.1, 0.15) is 19.5 Å². The van der Waals surface area contributed by atoms with Gasteiger partial charge in [0.2, 0.25) is 5.13 Å². The number of nitrogens with zero attached hydrogens (tertiary/aromatic N) is 3. The molecule has 2 N–H and O–H groups in total. The van der Waals surface area contributed by atoms with Crippen LogP contribution in [0, 0.1) is 6.92 Å². The summed E-state index contributed by atoms with van der Waals surface area (Å²) in [5.41, 5.74) is 1.53. The molecule has 0 radical (unpaired) electrons. The van der Waals surface area contributed by atoms with E-state index in [1.54, 1.807) is 17.0 Å². The zero-order chi connectivity index (χ0) is 16.4. The van der Waals surface area contributed by atoms with Crippen molar-refractivity contribution in [1.29, 1.82) is 0 Å². The van der Waals surface area contributed by atoms with Crippen molar-refractivity contribution in [1.82, 2.24) is 20.1 Å². The second-order valence-corrected chi connectivity index (χ2v) is 6.17. The molecule has 0 saturated heterocycles. The maximum Gasteiger partial charge on any atom is 0.320 e. The van der Waals surface area contributed by atoms with Crippen molar-refractivity contribution >= 4 is 23.2 Å². The van der Waals surface area contributed by atoms with Gasteiger partial charge in [-0.05, 0) is 32.9 Å². The molecule has 0 aromatic carbocycles. The molecule has 8 heteroatoms. The molecular formula is C15H17N5O2S. The topological polar surface area (TPSA) is 85.0 Å². The van der Waals surface area contributed by atoms with Crippen LogP contribution in [0.2, 0.25) is 0 Å². The van der Waals surface area contributed by atoms with E-state index in [-0.39, 0.29) is 12.1 Å². The number of hydrogen-bond donors (Lipinski definition) is 2. The molecule has 3 heterocycles. The number of aryl methyl sites for hydroxylation is 1. The summed E-state index contributed by atoms with van der Waals surface area (Å²) >= 11 is 1.43. The molecule has 0 fully saturated rings. The van der Waals surface area contributed by atoms with Gasteiger partial charge in [-0.1, -0.05) is 0 Å². The zero-order valence-electron chi connectivity index (χ0n) is 13.0. The number of anilines is 1. The highest BCUT2D eigenvalue weighted by Gasteiger charge is 2.15. The molecule has 3 aromatic rings. The minimum absolute atomic E-state index is 0.0536. The summed E-state index contributed by atoms with van der Waals surface area (Å²) < 4.78 is 6.96. The summed E-state index contributed by atoms with van der Waals surface area (Å²) in [6.45, 7) is 5.67. The minimum Gasteiger partial charge on any atom is -0.463 e. The summed E-state index contributed by atoms with van der Waals surface area (Å²) in [6.07, 6.45) is 1.61. The van der Waals surface area contributed by atoms with E-state index in [9.17, 15) is 4.79 Å². The van der Waals surface area contributed by atoms with E-state index in [2.05, 4.69) is 20.7 Å². The molecule has 2 amide bonds. The molecule has 0 atom stereocenters. The Morgan fingerprint density at radius 2 is 2.26 bits per heavy atom. The Hall–Kier alpha value is -2.61. The van der Waals surface area contributed by atoms with Crippen molar-refractivity contribution in [3.8, 4) is 16.6 Å². The van der Waals surface area contributed by atoms with Gasteiger partial charge >= 0.3 is 6.03 Å². The molecule has 0 aliphatic rings. The number of hydrogen-bond acceptors (Lipinski definition) is 5. The number of carbonyl (C=O) groups excluding carboxylic acids is 1. The summed E-state index contributed by atoms with van der Waals surface area (Å²) in [7, 11) is 0. The Bertz CT molecular complexity index is 804. The van der Waals surface area contributed by atoms with Crippen LogP contribution in [0.15, 0.2) is 34.3 Å². The van der Waals surface area contributed by atoms with Crippen LogP contribution in [0.5, 0.6) is 0 Å². The lowest BCUT2D eigenvalue weighted by Gasteiger charge is -2.10. The van der Waals surface area contributed by atoms with Crippen molar-refractivity contribution in [2.24, 2.45) is 0 Å². The number of amides is 2. The summed E-state index contributed by atoms with van der Waals surface area (Å²) in [4.78, 5) is 16.4. The number of furan rings is 1. The first kappa shape index (κ1) is 15.3. The lowest BCUT2D eigenvalue weighted by atomic mass is 10.4. The van der Waals surface area contributed by atoms with Crippen molar-refractivity contribution in [2.75, 3.05) is 5.32 Å². The van der Waals surface area contributed by atoms with Crippen LogP contribution in [0.4, 0.5) is 10.6 Å². The van der Waals surface area contributed by atoms with E-state index >= 15 is 0 Å². The molecular weight excluding hydrogens is 314 g/mol. The third-order valence-corrected chi connectivity index (χ3v) is 3.76. The summed E-state index contributed by atoms with van der Waals surface area (Å²) in [5, 5.41) is 12.5. The van der Waals surface area contributed by atoms with Gasteiger partial charge in [-0.25, -0.2) is 9.78 Å². The summed E-state index contributed by atoms with van der Waals surface area (Å²) in [6, 6.07) is 5.24. The second-order valence-electron chi connectivity index (χ2n) is 5.33. The number of carbonyl (C=O) groups is 1. The SMILES string of the molecule is Cc1cc(NC(=O)NC(C)C)n(-c2nc(-c3ccco3)cs2)n1. The van der Waals surface area contributed by atoms with Crippen LogP contribution in [-0.4, -0.2) is 26.8 Å². The Morgan fingerprint density at radius 1 is 1.43 bits per heavy atom. The summed E-state index contributed by atoms with van der Waals surface area (Å²) in [5.74, 6) is 1.27. The van der Waals surface area contributed by atoms with Gasteiger partial charge in [0.1, 0.15) is 11.5 Å². The molecule has 0 aliphatic heterocycles. The first-order valence-electron chi connectivity index (χ1n) is 7.17. The average Bonchev–Trinajstić information content (AvgIpc) is 3.16. The minimum atomic E-state index is -0.274. The quantitative estimate of drug-likeness (QED) is 0.767. The zero-order valence-corrected chi connectivity index (χ0v) is 13.8. The van der Waals surface area contributed by atoms with Crippen LogP contribution in [0.25, 0.3) is 16.6 Å². The third kappa shape index (κ3) is 3.42. The number of rotatable bonds is 4. The lowest BCUT2D eigenvalue weighted by molar-refractivity contribution is 0.250. The van der Waals surface area contributed by atoms with Crippen LogP contribution >= 0.6 is 11.3 Å². The number of aromatic nitrogens is 3. The standard InChI is InChI=1S/C15H17N5O2S/c1-9(2)16-14(21)18-13-7-10(3)19-20(13)15-17-11(8-23-15)12-5-4-6-22-12/h4-9H,1-3H3,(H2,16,18,21). The van der Waals surface area contributed by atoms with Gasteiger partial charge < -0.3 is 9.73 Å². The predicted molar refractivity (Wildman–Crippen MR) is 89.0 cm³/mol. The van der Waals surface area contributed by atoms with Gasteiger partial charge in [0.25, 0.3) is 0 Å². The first-order valence-corrected chi connectivity index (χ1v) is 8.05. The smallest absolute Gasteiger partial charge is 0.320 e. The fraction of sp³-hybridized carbons (Fsp3) is 0.267. The molecule has 0 unspecified atom stereocenters. The van der Waals surface area contributed by atoms with E-state index in [1.807, 2.05) is 38.3 Å². The highest BCUT2D eigenvalue weighted by Crippen LogP contribution is 2.26. The Labute approximate surface area is 137 Å². The molecule has 0 saturated carbocycles. The van der Waals surface area contributed by atoms with Crippen molar-refractivity contribution in [3.05, 3.63) is 35.5 Å². The maximum atomic E-state index is 11.9. The van der Waals surface area contributed by atoms with E-state index in [0.717, 1.165) is 11.4 Å². The molecule has 0 bridgehead atoms. The van der Waals surface area contributed by atoms with Crippen molar-refractivity contribution in [3.63, 3.8) is 0 Å². The highest BCUT2D eigenvalue weighted by atomic mass is 32.1. The molecule has 0 aliphatic carbocycles. The van der Waals surface area contributed by atoms with Crippen LogP contribution in [-0.2, 0) is 0 Å². The third-order valence-electron chi connectivity index (χ3n) is 2.94.